The number of nitrogens with one attached hydrogen (secondary N) is 1. The van der Waals surface area contributed by atoms with Crippen LogP contribution in [0.15, 0.2) is 42.6 Å². The number of halogens is 2. The van der Waals surface area contributed by atoms with Crippen LogP contribution in [-0.4, -0.2) is 46.5 Å². The summed E-state index contributed by atoms with van der Waals surface area (Å²) in [7, 11) is 0. The number of aromatic nitrogens is 2. The molecule has 2 aromatic carbocycles. The lowest BCUT2D eigenvalue weighted by Gasteiger charge is -2.34. The summed E-state index contributed by atoms with van der Waals surface area (Å²) in [5, 5.41) is 7.70. The van der Waals surface area contributed by atoms with Gasteiger partial charge in [-0.15, -0.1) is 0 Å². The fourth-order valence-electron chi connectivity index (χ4n) is 3.22. The highest BCUT2D eigenvalue weighted by Crippen LogP contribution is 2.23. The summed E-state index contributed by atoms with van der Waals surface area (Å²) in [6.07, 6.45) is 1.40. The minimum atomic E-state index is -1.02. The van der Waals surface area contributed by atoms with Crippen molar-refractivity contribution in [3.8, 4) is 0 Å². The van der Waals surface area contributed by atoms with E-state index in [4.69, 9.17) is 0 Å². The van der Waals surface area contributed by atoms with E-state index in [1.54, 1.807) is 11.1 Å². The zero-order valence-corrected chi connectivity index (χ0v) is 14.3. The van der Waals surface area contributed by atoms with E-state index in [0.717, 1.165) is 22.7 Å². The zero-order chi connectivity index (χ0) is 19.0. The standard InChI is InChI=1S/C19H16F2N4O2/c20-15-3-1-2-12(19(15)21)9-17(26)24-6-7-25(18(27)11-24)14-4-5-16-13(8-14)10-22-23-16/h1-5,8,10H,6-7,9,11H2,(H,22,23). The van der Waals surface area contributed by atoms with E-state index in [-0.39, 0.29) is 24.4 Å². The van der Waals surface area contributed by atoms with Gasteiger partial charge in [0.2, 0.25) is 11.8 Å². The molecule has 2 amide bonds. The van der Waals surface area contributed by atoms with Crippen LogP contribution >= 0.6 is 0 Å². The van der Waals surface area contributed by atoms with E-state index in [9.17, 15) is 18.4 Å². The van der Waals surface area contributed by atoms with Gasteiger partial charge in [-0.2, -0.15) is 5.10 Å². The molecule has 1 aliphatic rings. The molecule has 138 valence electrons. The molecule has 0 radical (unpaired) electrons. The van der Waals surface area contributed by atoms with Gasteiger partial charge in [0.25, 0.3) is 0 Å². The lowest BCUT2D eigenvalue weighted by atomic mass is 10.1. The van der Waals surface area contributed by atoms with E-state index in [1.807, 2.05) is 18.2 Å². The maximum absolute atomic E-state index is 13.8. The summed E-state index contributed by atoms with van der Waals surface area (Å²) in [6, 6.07) is 9.25. The maximum atomic E-state index is 13.8. The Morgan fingerprint density at radius 1 is 1.19 bits per heavy atom. The molecule has 0 atom stereocenters. The molecule has 8 heteroatoms. The maximum Gasteiger partial charge on any atom is 0.246 e. The van der Waals surface area contributed by atoms with Crippen molar-refractivity contribution >= 4 is 28.4 Å². The first-order chi connectivity index (χ1) is 13.0. The Bertz CT molecular complexity index is 1030. The summed E-state index contributed by atoms with van der Waals surface area (Å²) in [5.41, 5.74) is 1.59. The number of benzene rings is 2. The minimum Gasteiger partial charge on any atom is -0.331 e. The van der Waals surface area contributed by atoms with Crippen LogP contribution in [0.1, 0.15) is 5.56 Å². The molecular formula is C19H16F2N4O2. The molecule has 3 aromatic rings. The number of H-pyrrole nitrogens is 1. The quantitative estimate of drug-likeness (QED) is 0.769. The summed E-state index contributed by atoms with van der Waals surface area (Å²) in [5.74, 6) is -2.64. The first kappa shape index (κ1) is 17.1. The van der Waals surface area contributed by atoms with Crippen LogP contribution in [0, 0.1) is 11.6 Å². The molecule has 27 heavy (non-hydrogen) atoms. The summed E-state index contributed by atoms with van der Waals surface area (Å²) < 4.78 is 27.1. The van der Waals surface area contributed by atoms with Gasteiger partial charge in [0.15, 0.2) is 11.6 Å². The number of rotatable bonds is 3. The number of hydrogen-bond donors (Lipinski definition) is 1. The third-order valence-electron chi connectivity index (χ3n) is 4.68. The number of carbonyl (C=O) groups excluding carboxylic acids is 2. The van der Waals surface area contributed by atoms with Gasteiger partial charge >= 0.3 is 0 Å². The summed E-state index contributed by atoms with van der Waals surface area (Å²) in [6.45, 7) is 0.559. The van der Waals surface area contributed by atoms with Crippen LogP contribution in [0.25, 0.3) is 10.9 Å². The molecule has 2 heterocycles. The van der Waals surface area contributed by atoms with Crippen LogP contribution in [0.3, 0.4) is 0 Å². The molecule has 1 N–H and O–H groups in total. The first-order valence-corrected chi connectivity index (χ1v) is 8.47. The Morgan fingerprint density at radius 3 is 2.85 bits per heavy atom. The fraction of sp³-hybridized carbons (Fsp3) is 0.211. The van der Waals surface area contributed by atoms with E-state index < -0.39 is 17.5 Å². The Morgan fingerprint density at radius 2 is 2.04 bits per heavy atom. The van der Waals surface area contributed by atoms with Gasteiger partial charge in [0.1, 0.15) is 6.54 Å². The normalized spacial score (nSPS) is 14.8. The molecule has 0 aliphatic carbocycles. The first-order valence-electron chi connectivity index (χ1n) is 8.47. The number of amides is 2. The highest BCUT2D eigenvalue weighted by Gasteiger charge is 2.28. The number of anilines is 1. The second-order valence-electron chi connectivity index (χ2n) is 6.39. The van der Waals surface area contributed by atoms with Crippen molar-refractivity contribution in [3.05, 3.63) is 59.8 Å². The van der Waals surface area contributed by atoms with Crippen LogP contribution < -0.4 is 4.90 Å². The Balaban J connectivity index is 1.45. The third kappa shape index (κ3) is 3.25. The van der Waals surface area contributed by atoms with Crippen LogP contribution in [0.2, 0.25) is 0 Å². The van der Waals surface area contributed by atoms with Gasteiger partial charge in [-0.1, -0.05) is 12.1 Å². The summed E-state index contributed by atoms with van der Waals surface area (Å²) in [4.78, 5) is 27.9. The number of nitrogens with zero attached hydrogens (tertiary/aromatic N) is 3. The highest BCUT2D eigenvalue weighted by atomic mass is 19.2. The Labute approximate surface area is 153 Å². The van der Waals surface area contributed by atoms with Crippen molar-refractivity contribution in [2.45, 2.75) is 6.42 Å². The van der Waals surface area contributed by atoms with Crippen molar-refractivity contribution in [1.29, 1.82) is 0 Å². The van der Waals surface area contributed by atoms with Crippen LogP contribution in [0.4, 0.5) is 14.5 Å². The van der Waals surface area contributed by atoms with Crippen molar-refractivity contribution in [2.75, 3.05) is 24.5 Å². The number of aromatic amines is 1. The molecule has 0 saturated carbocycles. The van der Waals surface area contributed by atoms with Crippen LogP contribution in [-0.2, 0) is 16.0 Å². The summed E-state index contributed by atoms with van der Waals surface area (Å²) >= 11 is 0. The third-order valence-corrected chi connectivity index (χ3v) is 4.68. The van der Waals surface area contributed by atoms with E-state index in [0.29, 0.717) is 13.1 Å². The average Bonchev–Trinajstić information content (AvgIpc) is 3.13. The van der Waals surface area contributed by atoms with Gasteiger partial charge in [-0.05, 0) is 24.3 Å². The molecule has 1 fully saturated rings. The van der Waals surface area contributed by atoms with Gasteiger partial charge in [0, 0.05) is 29.7 Å². The monoisotopic (exact) mass is 370 g/mol. The topological polar surface area (TPSA) is 69.3 Å². The van der Waals surface area contributed by atoms with Crippen molar-refractivity contribution < 1.29 is 18.4 Å². The molecule has 0 bridgehead atoms. The predicted octanol–water partition coefficient (Wildman–Crippen LogP) is 2.26. The predicted molar refractivity (Wildman–Crippen MR) is 95.1 cm³/mol. The van der Waals surface area contributed by atoms with Crippen LogP contribution in [0.5, 0.6) is 0 Å². The largest absolute Gasteiger partial charge is 0.331 e. The lowest BCUT2D eigenvalue weighted by molar-refractivity contribution is -0.136. The molecular weight excluding hydrogens is 354 g/mol. The number of fused-ring (bicyclic) bond motifs is 1. The van der Waals surface area contributed by atoms with Gasteiger partial charge in [-0.3, -0.25) is 14.7 Å². The lowest BCUT2D eigenvalue weighted by Crippen LogP contribution is -2.52. The molecule has 1 aliphatic heterocycles. The Kier molecular flexibility index (Phi) is 4.31. The number of carbonyl (C=O) groups is 2. The molecule has 4 rings (SSSR count). The highest BCUT2D eigenvalue weighted by molar-refractivity contribution is 5.99. The molecule has 1 aromatic heterocycles. The van der Waals surface area contributed by atoms with E-state index in [1.165, 1.54) is 17.0 Å². The van der Waals surface area contributed by atoms with Gasteiger partial charge < -0.3 is 9.80 Å². The van der Waals surface area contributed by atoms with E-state index >= 15 is 0 Å². The molecule has 0 spiro atoms. The van der Waals surface area contributed by atoms with Crippen molar-refractivity contribution in [3.63, 3.8) is 0 Å². The van der Waals surface area contributed by atoms with Crippen molar-refractivity contribution in [1.82, 2.24) is 15.1 Å². The number of piperazine rings is 1. The van der Waals surface area contributed by atoms with Gasteiger partial charge in [0.05, 0.1) is 18.1 Å². The average molecular weight is 370 g/mol. The second-order valence-corrected chi connectivity index (χ2v) is 6.39. The van der Waals surface area contributed by atoms with Crippen molar-refractivity contribution in [2.24, 2.45) is 0 Å². The van der Waals surface area contributed by atoms with Gasteiger partial charge in [-0.25, -0.2) is 8.78 Å². The minimum absolute atomic E-state index is 0.0136. The molecule has 1 saturated heterocycles. The Hall–Kier alpha value is -3.29. The molecule has 0 unspecified atom stereocenters. The zero-order valence-electron chi connectivity index (χ0n) is 14.3. The smallest absolute Gasteiger partial charge is 0.246 e. The number of hydrogen-bond acceptors (Lipinski definition) is 3. The molecule has 6 nitrogen and oxygen atoms in total. The second kappa shape index (κ2) is 6.79. The fourth-order valence-corrected chi connectivity index (χ4v) is 3.22. The SMILES string of the molecule is O=C(Cc1cccc(F)c1F)N1CCN(c2ccc3[nH]ncc3c2)C(=O)C1. The van der Waals surface area contributed by atoms with E-state index in [2.05, 4.69) is 10.2 Å².